The molecule has 1 N–H and O–H groups in total. The van der Waals surface area contributed by atoms with E-state index in [-0.39, 0.29) is 12.1 Å². The molecule has 0 aliphatic carbocycles. The van der Waals surface area contributed by atoms with Gasteiger partial charge >= 0.3 is 0 Å². The number of hydrogen-bond acceptors (Lipinski definition) is 3. The normalized spacial score (nSPS) is 13.6. The van der Waals surface area contributed by atoms with E-state index in [2.05, 4.69) is 5.32 Å². The molecule has 3 rings (SSSR count). The monoisotopic (exact) mass is 291 g/mol. The summed E-state index contributed by atoms with van der Waals surface area (Å²) in [5.74, 6) is 0.218. The summed E-state index contributed by atoms with van der Waals surface area (Å²) in [5.41, 5.74) is 0.742. The summed E-state index contributed by atoms with van der Waals surface area (Å²) >= 11 is 0. The fourth-order valence-electron chi connectivity index (χ4n) is 2.16. The van der Waals surface area contributed by atoms with Gasteiger partial charge in [0.15, 0.2) is 11.5 Å². The number of benzene rings is 2. The molecule has 1 aliphatic rings. The van der Waals surface area contributed by atoms with Crippen molar-refractivity contribution in [3.63, 3.8) is 0 Å². The second kappa shape index (κ2) is 5.99. The van der Waals surface area contributed by atoms with Crippen LogP contribution in [-0.2, 0) is 6.54 Å². The molecule has 0 atom stereocenters. The molecule has 2 aromatic rings. The van der Waals surface area contributed by atoms with Crippen LogP contribution < -0.4 is 14.8 Å². The minimum atomic E-state index is -0.558. The highest BCUT2D eigenvalue weighted by Crippen LogP contribution is 2.32. The molecule has 21 heavy (non-hydrogen) atoms. The maximum absolute atomic E-state index is 13.6. The fraction of sp³-hybridized carbons (Fsp3) is 0.250. The van der Waals surface area contributed by atoms with Crippen LogP contribution in [-0.4, -0.2) is 13.2 Å². The molecule has 0 aromatic heterocycles. The van der Waals surface area contributed by atoms with Crippen molar-refractivity contribution in [2.75, 3.05) is 18.5 Å². The number of anilines is 1. The van der Waals surface area contributed by atoms with Gasteiger partial charge in [-0.05, 0) is 24.3 Å². The second-order valence-corrected chi connectivity index (χ2v) is 4.77. The first-order valence-electron chi connectivity index (χ1n) is 6.80. The molecule has 3 nitrogen and oxygen atoms in total. The van der Waals surface area contributed by atoms with Crippen molar-refractivity contribution in [1.29, 1.82) is 0 Å². The highest BCUT2D eigenvalue weighted by molar-refractivity contribution is 5.55. The molecule has 0 amide bonds. The van der Waals surface area contributed by atoms with E-state index < -0.39 is 11.6 Å². The summed E-state index contributed by atoms with van der Waals surface area (Å²) in [5, 5.41) is 3.00. The van der Waals surface area contributed by atoms with Crippen molar-refractivity contribution in [3.05, 3.63) is 53.6 Å². The first-order valence-corrected chi connectivity index (χ1v) is 6.80. The Morgan fingerprint density at radius 1 is 0.952 bits per heavy atom. The SMILES string of the molecule is Fc1cccc(F)c1CNc1ccc2c(c1)OCCCO2. The minimum Gasteiger partial charge on any atom is -0.490 e. The van der Waals surface area contributed by atoms with E-state index in [1.165, 1.54) is 18.2 Å². The van der Waals surface area contributed by atoms with Crippen LogP contribution in [0.5, 0.6) is 11.5 Å². The van der Waals surface area contributed by atoms with E-state index in [0.29, 0.717) is 24.7 Å². The van der Waals surface area contributed by atoms with Gasteiger partial charge in [0.25, 0.3) is 0 Å². The quantitative estimate of drug-likeness (QED) is 0.934. The zero-order chi connectivity index (χ0) is 14.7. The predicted octanol–water partition coefficient (Wildman–Crippen LogP) is 3.74. The third kappa shape index (κ3) is 3.07. The third-order valence-electron chi connectivity index (χ3n) is 3.28. The zero-order valence-electron chi connectivity index (χ0n) is 11.4. The predicted molar refractivity (Wildman–Crippen MR) is 75.7 cm³/mol. The highest BCUT2D eigenvalue weighted by atomic mass is 19.1. The van der Waals surface area contributed by atoms with E-state index in [9.17, 15) is 8.78 Å². The lowest BCUT2D eigenvalue weighted by molar-refractivity contribution is 0.297. The largest absolute Gasteiger partial charge is 0.490 e. The van der Waals surface area contributed by atoms with Gasteiger partial charge in [-0.25, -0.2) is 8.78 Å². The van der Waals surface area contributed by atoms with Crippen LogP contribution in [0.4, 0.5) is 14.5 Å². The zero-order valence-corrected chi connectivity index (χ0v) is 11.4. The summed E-state index contributed by atoms with van der Waals surface area (Å²) in [4.78, 5) is 0. The number of rotatable bonds is 3. The average Bonchev–Trinajstić information content (AvgIpc) is 2.71. The maximum Gasteiger partial charge on any atom is 0.163 e. The second-order valence-electron chi connectivity index (χ2n) is 4.77. The van der Waals surface area contributed by atoms with Crippen LogP contribution >= 0.6 is 0 Å². The molecule has 2 aromatic carbocycles. The maximum atomic E-state index is 13.6. The number of ether oxygens (including phenoxy) is 2. The molecular weight excluding hydrogens is 276 g/mol. The molecule has 110 valence electrons. The number of halogens is 2. The van der Waals surface area contributed by atoms with Crippen LogP contribution in [0.3, 0.4) is 0 Å². The summed E-state index contributed by atoms with van der Waals surface area (Å²) in [6.45, 7) is 1.29. The Bertz CT molecular complexity index is 626. The average molecular weight is 291 g/mol. The third-order valence-corrected chi connectivity index (χ3v) is 3.28. The Labute approximate surface area is 121 Å². The fourth-order valence-corrected chi connectivity index (χ4v) is 2.16. The van der Waals surface area contributed by atoms with E-state index >= 15 is 0 Å². The van der Waals surface area contributed by atoms with Crippen molar-refractivity contribution in [3.8, 4) is 11.5 Å². The molecule has 0 unspecified atom stereocenters. The molecule has 0 spiro atoms. The first-order chi connectivity index (χ1) is 10.2. The number of hydrogen-bond donors (Lipinski definition) is 1. The lowest BCUT2D eigenvalue weighted by atomic mass is 10.2. The van der Waals surface area contributed by atoms with Gasteiger partial charge in [-0.3, -0.25) is 0 Å². The van der Waals surface area contributed by atoms with E-state index in [1.54, 1.807) is 18.2 Å². The Balaban J connectivity index is 1.75. The molecular formula is C16H15F2NO2. The lowest BCUT2D eigenvalue weighted by Crippen LogP contribution is -2.04. The molecule has 0 fully saturated rings. The molecule has 5 heteroatoms. The van der Waals surface area contributed by atoms with E-state index in [1.807, 2.05) is 0 Å². The van der Waals surface area contributed by atoms with Gasteiger partial charge in [-0.2, -0.15) is 0 Å². The van der Waals surface area contributed by atoms with Gasteiger partial charge in [-0.1, -0.05) is 6.07 Å². The molecule has 1 heterocycles. The smallest absolute Gasteiger partial charge is 0.163 e. The Morgan fingerprint density at radius 2 is 1.67 bits per heavy atom. The van der Waals surface area contributed by atoms with Gasteiger partial charge in [0.05, 0.1) is 13.2 Å². The first kappa shape index (κ1) is 13.7. The van der Waals surface area contributed by atoms with Crippen LogP contribution in [0, 0.1) is 11.6 Å². The van der Waals surface area contributed by atoms with Gasteiger partial charge in [0, 0.05) is 30.3 Å². The van der Waals surface area contributed by atoms with E-state index in [4.69, 9.17) is 9.47 Å². The number of nitrogens with one attached hydrogen (secondary N) is 1. The highest BCUT2D eigenvalue weighted by Gasteiger charge is 2.12. The summed E-state index contributed by atoms with van der Waals surface area (Å²) < 4.78 is 38.2. The van der Waals surface area contributed by atoms with Crippen molar-refractivity contribution in [2.24, 2.45) is 0 Å². The standard InChI is InChI=1S/C16H15F2NO2/c17-13-3-1-4-14(18)12(13)10-19-11-5-6-15-16(9-11)21-8-2-7-20-15/h1,3-6,9,19H,2,7-8,10H2. The van der Waals surface area contributed by atoms with Crippen molar-refractivity contribution in [2.45, 2.75) is 13.0 Å². The molecule has 1 aliphatic heterocycles. The minimum absolute atomic E-state index is 0.0182. The van der Waals surface area contributed by atoms with Crippen LogP contribution in [0.2, 0.25) is 0 Å². The lowest BCUT2D eigenvalue weighted by Gasteiger charge is -2.12. The summed E-state index contributed by atoms with van der Waals surface area (Å²) in [6, 6.07) is 9.20. The molecule has 0 saturated heterocycles. The Hall–Kier alpha value is -2.30. The van der Waals surface area contributed by atoms with Crippen LogP contribution in [0.1, 0.15) is 12.0 Å². The molecule has 0 radical (unpaired) electrons. The number of fused-ring (bicyclic) bond motifs is 1. The topological polar surface area (TPSA) is 30.5 Å². The molecule has 0 bridgehead atoms. The van der Waals surface area contributed by atoms with Gasteiger partial charge < -0.3 is 14.8 Å². The Kier molecular flexibility index (Phi) is 3.90. The van der Waals surface area contributed by atoms with Gasteiger partial charge in [0.2, 0.25) is 0 Å². The van der Waals surface area contributed by atoms with Gasteiger partial charge in [-0.15, -0.1) is 0 Å². The summed E-state index contributed by atoms with van der Waals surface area (Å²) in [7, 11) is 0. The van der Waals surface area contributed by atoms with E-state index in [0.717, 1.165) is 12.1 Å². The van der Waals surface area contributed by atoms with Crippen molar-refractivity contribution < 1.29 is 18.3 Å². The van der Waals surface area contributed by atoms with Gasteiger partial charge in [0.1, 0.15) is 11.6 Å². The summed E-state index contributed by atoms with van der Waals surface area (Å²) in [6.07, 6.45) is 0.831. The molecule has 0 saturated carbocycles. The van der Waals surface area contributed by atoms with Crippen molar-refractivity contribution >= 4 is 5.69 Å². The Morgan fingerprint density at radius 3 is 2.43 bits per heavy atom. The van der Waals surface area contributed by atoms with Crippen LogP contribution in [0.25, 0.3) is 0 Å². The van der Waals surface area contributed by atoms with Crippen molar-refractivity contribution in [1.82, 2.24) is 0 Å². The van der Waals surface area contributed by atoms with Crippen LogP contribution in [0.15, 0.2) is 36.4 Å².